The summed E-state index contributed by atoms with van der Waals surface area (Å²) in [6.07, 6.45) is 3.85. The Hall–Kier alpha value is -0.830. The minimum Gasteiger partial charge on any atom is -0.377 e. The van der Waals surface area contributed by atoms with E-state index in [9.17, 15) is 4.79 Å². The summed E-state index contributed by atoms with van der Waals surface area (Å²) in [6, 6.07) is 0.320. The van der Waals surface area contributed by atoms with Gasteiger partial charge < -0.3 is 9.64 Å². The Bertz CT molecular complexity index is 324. The molecule has 1 heterocycles. The van der Waals surface area contributed by atoms with Crippen molar-refractivity contribution in [2.75, 3.05) is 13.2 Å². The van der Waals surface area contributed by atoms with E-state index in [0.717, 1.165) is 26.0 Å². The highest BCUT2D eigenvalue weighted by molar-refractivity contribution is 5.87. The van der Waals surface area contributed by atoms with Crippen molar-refractivity contribution in [2.45, 2.75) is 45.8 Å². The minimum atomic E-state index is 0.0651. The first-order valence-electron chi connectivity index (χ1n) is 6.58. The molecule has 3 atom stereocenters. The van der Waals surface area contributed by atoms with Crippen LogP contribution in [0.4, 0.5) is 0 Å². The molecule has 3 unspecified atom stereocenters. The Morgan fingerprint density at radius 1 is 1.59 bits per heavy atom. The van der Waals surface area contributed by atoms with E-state index in [2.05, 4.69) is 27.4 Å². The zero-order chi connectivity index (χ0) is 12.6. The fraction of sp³-hybridized carbons (Fsp3) is 0.786. The van der Waals surface area contributed by atoms with Gasteiger partial charge in [0.15, 0.2) is 0 Å². The van der Waals surface area contributed by atoms with Crippen LogP contribution in [-0.2, 0) is 9.53 Å². The van der Waals surface area contributed by atoms with Gasteiger partial charge in [0.2, 0.25) is 5.91 Å². The van der Waals surface area contributed by atoms with E-state index in [1.165, 1.54) is 6.08 Å². The molecular weight excluding hydrogens is 214 g/mol. The first-order valence-corrected chi connectivity index (χ1v) is 6.58. The second kappa shape index (κ2) is 4.45. The zero-order valence-electron chi connectivity index (χ0n) is 11.1. The van der Waals surface area contributed by atoms with Gasteiger partial charge in [-0.25, -0.2) is 0 Å². The van der Waals surface area contributed by atoms with E-state index in [1.807, 2.05) is 4.90 Å². The van der Waals surface area contributed by atoms with Gasteiger partial charge in [-0.05, 0) is 18.9 Å². The number of nitrogens with zero attached hydrogens (tertiary/aromatic N) is 1. The summed E-state index contributed by atoms with van der Waals surface area (Å²) in [5, 5.41) is 0. The van der Waals surface area contributed by atoms with Crippen LogP contribution >= 0.6 is 0 Å². The predicted octanol–water partition coefficient (Wildman–Crippen LogP) is 2.22. The molecular formula is C14H23NO2. The van der Waals surface area contributed by atoms with Gasteiger partial charge >= 0.3 is 0 Å². The molecule has 1 aliphatic heterocycles. The van der Waals surface area contributed by atoms with E-state index < -0.39 is 0 Å². The Kier molecular flexibility index (Phi) is 3.30. The van der Waals surface area contributed by atoms with E-state index in [-0.39, 0.29) is 11.3 Å². The molecule has 0 aromatic rings. The number of hydrogen-bond donors (Lipinski definition) is 0. The summed E-state index contributed by atoms with van der Waals surface area (Å²) >= 11 is 0. The molecule has 3 heteroatoms. The summed E-state index contributed by atoms with van der Waals surface area (Å²) in [4.78, 5) is 14.0. The summed E-state index contributed by atoms with van der Waals surface area (Å²) in [5.41, 5.74) is 0.0784. The number of carbonyl (C=O) groups is 1. The largest absolute Gasteiger partial charge is 0.377 e. The van der Waals surface area contributed by atoms with E-state index in [1.54, 1.807) is 0 Å². The van der Waals surface area contributed by atoms with Crippen LogP contribution in [0.1, 0.15) is 33.6 Å². The molecule has 0 N–H and O–H groups in total. The van der Waals surface area contributed by atoms with Crippen LogP contribution in [0.5, 0.6) is 0 Å². The third-order valence-electron chi connectivity index (χ3n) is 4.30. The van der Waals surface area contributed by atoms with Crippen molar-refractivity contribution in [1.82, 2.24) is 4.90 Å². The lowest BCUT2D eigenvalue weighted by molar-refractivity contribution is -0.168. The maximum absolute atomic E-state index is 12.0. The number of amides is 1. The highest BCUT2D eigenvalue weighted by atomic mass is 16.5. The van der Waals surface area contributed by atoms with Gasteiger partial charge in [-0.2, -0.15) is 0 Å². The average Bonchev–Trinajstić information content (AvgIpc) is 2.73. The summed E-state index contributed by atoms with van der Waals surface area (Å²) in [7, 11) is 0. The molecule has 3 nitrogen and oxygen atoms in total. The van der Waals surface area contributed by atoms with Crippen LogP contribution in [0.2, 0.25) is 0 Å². The number of hydrogen-bond acceptors (Lipinski definition) is 2. The average molecular weight is 237 g/mol. The Labute approximate surface area is 104 Å². The minimum absolute atomic E-state index is 0.0651. The first-order chi connectivity index (χ1) is 8.04. The Morgan fingerprint density at radius 2 is 2.29 bits per heavy atom. The molecule has 0 aromatic carbocycles. The highest BCUT2D eigenvalue weighted by Gasteiger charge is 2.61. The van der Waals surface area contributed by atoms with Crippen molar-refractivity contribution in [3.05, 3.63) is 12.7 Å². The molecule has 0 bridgehead atoms. The van der Waals surface area contributed by atoms with Crippen molar-refractivity contribution in [3.8, 4) is 0 Å². The van der Waals surface area contributed by atoms with Crippen molar-refractivity contribution in [3.63, 3.8) is 0 Å². The van der Waals surface area contributed by atoms with Crippen molar-refractivity contribution in [2.24, 2.45) is 11.3 Å². The van der Waals surface area contributed by atoms with E-state index in [0.29, 0.717) is 18.1 Å². The number of fused-ring (bicyclic) bond motifs is 1. The normalized spacial score (nSPS) is 33.7. The van der Waals surface area contributed by atoms with Gasteiger partial charge in [0, 0.05) is 30.5 Å². The van der Waals surface area contributed by atoms with E-state index >= 15 is 0 Å². The third kappa shape index (κ3) is 1.81. The number of rotatable bonds is 4. The molecule has 0 spiro atoms. The SMILES string of the molecule is C=CC(=O)N(CCC)C1C2CCOC2C1(C)C. The quantitative estimate of drug-likeness (QED) is 0.702. The summed E-state index contributed by atoms with van der Waals surface area (Å²) in [5.74, 6) is 0.593. The highest BCUT2D eigenvalue weighted by Crippen LogP contribution is 2.54. The van der Waals surface area contributed by atoms with Crippen LogP contribution in [0.3, 0.4) is 0 Å². The maximum atomic E-state index is 12.0. The Morgan fingerprint density at radius 3 is 2.88 bits per heavy atom. The van der Waals surface area contributed by atoms with Crippen LogP contribution in [-0.4, -0.2) is 36.1 Å². The molecule has 2 aliphatic rings. The van der Waals surface area contributed by atoms with Gasteiger partial charge in [-0.1, -0.05) is 27.4 Å². The fourth-order valence-corrected chi connectivity index (χ4v) is 3.67. The monoisotopic (exact) mass is 237 g/mol. The van der Waals surface area contributed by atoms with E-state index in [4.69, 9.17) is 4.74 Å². The molecule has 17 heavy (non-hydrogen) atoms. The van der Waals surface area contributed by atoms with Gasteiger partial charge in [0.05, 0.1) is 6.10 Å². The van der Waals surface area contributed by atoms with Crippen molar-refractivity contribution >= 4 is 5.91 Å². The lowest BCUT2D eigenvalue weighted by Crippen LogP contribution is -2.67. The summed E-state index contributed by atoms with van der Waals surface area (Å²) < 4.78 is 5.78. The second-order valence-electron chi connectivity index (χ2n) is 5.75. The standard InChI is InChI=1S/C14H23NO2/c1-5-8-15(11(16)6-2)12-10-7-9-17-13(10)14(12,3)4/h6,10,12-13H,2,5,7-9H2,1,3-4H3. The number of carbonyl (C=O) groups excluding carboxylic acids is 1. The number of ether oxygens (including phenoxy) is 1. The van der Waals surface area contributed by atoms with Crippen LogP contribution in [0.25, 0.3) is 0 Å². The van der Waals surface area contributed by atoms with Crippen LogP contribution in [0.15, 0.2) is 12.7 Å². The molecule has 0 aromatic heterocycles. The van der Waals surface area contributed by atoms with Crippen LogP contribution < -0.4 is 0 Å². The Balaban J connectivity index is 2.18. The van der Waals surface area contributed by atoms with Gasteiger partial charge in [-0.3, -0.25) is 4.79 Å². The molecule has 2 fully saturated rings. The lowest BCUT2D eigenvalue weighted by atomic mass is 9.56. The van der Waals surface area contributed by atoms with Crippen molar-refractivity contribution in [1.29, 1.82) is 0 Å². The summed E-state index contributed by atoms with van der Waals surface area (Å²) in [6.45, 7) is 11.8. The predicted molar refractivity (Wildman–Crippen MR) is 67.6 cm³/mol. The van der Waals surface area contributed by atoms with Crippen LogP contribution in [0, 0.1) is 11.3 Å². The lowest BCUT2D eigenvalue weighted by Gasteiger charge is -2.58. The molecule has 1 saturated heterocycles. The van der Waals surface area contributed by atoms with Gasteiger partial charge in [0.1, 0.15) is 0 Å². The molecule has 2 rings (SSSR count). The topological polar surface area (TPSA) is 29.5 Å². The molecule has 1 amide bonds. The molecule has 1 saturated carbocycles. The first kappa shape index (κ1) is 12.6. The smallest absolute Gasteiger partial charge is 0.246 e. The molecule has 0 radical (unpaired) electrons. The van der Waals surface area contributed by atoms with Gasteiger partial charge in [-0.15, -0.1) is 0 Å². The maximum Gasteiger partial charge on any atom is 0.246 e. The molecule has 96 valence electrons. The van der Waals surface area contributed by atoms with Crippen molar-refractivity contribution < 1.29 is 9.53 Å². The fourth-order valence-electron chi connectivity index (χ4n) is 3.67. The second-order valence-corrected chi connectivity index (χ2v) is 5.75. The van der Waals surface area contributed by atoms with Gasteiger partial charge in [0.25, 0.3) is 0 Å². The zero-order valence-corrected chi connectivity index (χ0v) is 11.1. The third-order valence-corrected chi connectivity index (χ3v) is 4.30. The molecule has 1 aliphatic carbocycles.